The fourth-order valence-electron chi connectivity index (χ4n) is 3.46. The second kappa shape index (κ2) is 8.37. The minimum Gasteiger partial charge on any atom is -0.497 e. The van der Waals surface area contributed by atoms with Crippen molar-refractivity contribution in [2.24, 2.45) is 0 Å². The van der Waals surface area contributed by atoms with Gasteiger partial charge in [-0.1, -0.05) is 30.3 Å². The maximum atomic E-state index is 13.3. The van der Waals surface area contributed by atoms with Crippen LogP contribution in [0.5, 0.6) is 5.75 Å². The van der Waals surface area contributed by atoms with E-state index in [9.17, 15) is 4.79 Å². The first-order valence-electron chi connectivity index (χ1n) is 10.0. The summed E-state index contributed by atoms with van der Waals surface area (Å²) in [5.41, 5.74) is 4.53. The zero-order valence-electron chi connectivity index (χ0n) is 17.4. The monoisotopic (exact) mass is 400 g/mol. The first-order chi connectivity index (χ1) is 14.6. The summed E-state index contributed by atoms with van der Waals surface area (Å²) in [5.74, 6) is 0.708. The number of nitrogens with zero attached hydrogens (tertiary/aromatic N) is 4. The van der Waals surface area contributed by atoms with Gasteiger partial charge in [0.15, 0.2) is 5.65 Å². The molecule has 0 atom stereocenters. The molecule has 6 nitrogen and oxygen atoms in total. The molecule has 0 saturated heterocycles. The Hall–Kier alpha value is -3.67. The van der Waals surface area contributed by atoms with E-state index in [-0.39, 0.29) is 5.91 Å². The molecule has 30 heavy (non-hydrogen) atoms. The van der Waals surface area contributed by atoms with Crippen LogP contribution in [0.1, 0.15) is 24.3 Å². The van der Waals surface area contributed by atoms with E-state index in [1.807, 2.05) is 80.6 Å². The third kappa shape index (κ3) is 3.64. The van der Waals surface area contributed by atoms with Crippen molar-refractivity contribution in [3.8, 4) is 28.3 Å². The number of hydrogen-bond acceptors (Lipinski definition) is 4. The van der Waals surface area contributed by atoms with Gasteiger partial charge in [-0.05, 0) is 44.2 Å². The van der Waals surface area contributed by atoms with E-state index in [1.165, 1.54) is 0 Å². The second-order valence-electron chi connectivity index (χ2n) is 6.90. The highest BCUT2D eigenvalue weighted by molar-refractivity contribution is 5.94. The van der Waals surface area contributed by atoms with Crippen molar-refractivity contribution in [2.75, 3.05) is 20.2 Å². The van der Waals surface area contributed by atoms with Gasteiger partial charge in [0.25, 0.3) is 5.91 Å². The van der Waals surface area contributed by atoms with Gasteiger partial charge in [0.1, 0.15) is 11.4 Å². The van der Waals surface area contributed by atoms with Gasteiger partial charge in [0.05, 0.1) is 18.5 Å². The fraction of sp³-hybridized carbons (Fsp3) is 0.208. The molecule has 0 N–H and O–H groups in total. The molecular weight excluding hydrogens is 376 g/mol. The maximum Gasteiger partial charge on any atom is 0.272 e. The molecule has 0 aliphatic carbocycles. The van der Waals surface area contributed by atoms with Gasteiger partial charge in [-0.15, -0.1) is 0 Å². The minimum atomic E-state index is -0.0649. The number of hydrogen-bond donors (Lipinski definition) is 0. The van der Waals surface area contributed by atoms with Crippen molar-refractivity contribution in [1.29, 1.82) is 0 Å². The fourth-order valence-corrected chi connectivity index (χ4v) is 3.46. The molecule has 152 valence electrons. The number of carbonyl (C=O) groups excluding carboxylic acids is 1. The molecule has 2 aromatic heterocycles. The maximum absolute atomic E-state index is 13.3. The van der Waals surface area contributed by atoms with Crippen LogP contribution in [-0.2, 0) is 0 Å². The third-order valence-corrected chi connectivity index (χ3v) is 5.15. The molecule has 2 aromatic carbocycles. The van der Waals surface area contributed by atoms with Gasteiger partial charge in [-0.2, -0.15) is 5.10 Å². The van der Waals surface area contributed by atoms with Crippen molar-refractivity contribution in [3.05, 3.63) is 72.4 Å². The lowest BCUT2D eigenvalue weighted by molar-refractivity contribution is 0.0764. The molecule has 0 bridgehead atoms. The Labute approximate surface area is 175 Å². The summed E-state index contributed by atoms with van der Waals surface area (Å²) in [7, 11) is 1.64. The number of ether oxygens (including phenoxy) is 1. The average Bonchev–Trinajstić information content (AvgIpc) is 3.24. The molecule has 4 rings (SSSR count). The predicted molar refractivity (Wildman–Crippen MR) is 118 cm³/mol. The Morgan fingerprint density at radius 2 is 1.60 bits per heavy atom. The number of amides is 1. The number of methoxy groups -OCH3 is 1. The third-order valence-electron chi connectivity index (χ3n) is 5.15. The van der Waals surface area contributed by atoms with Crippen LogP contribution in [0.25, 0.3) is 28.2 Å². The summed E-state index contributed by atoms with van der Waals surface area (Å²) in [5, 5.41) is 4.70. The quantitative estimate of drug-likeness (QED) is 0.476. The lowest BCUT2D eigenvalue weighted by Gasteiger charge is -2.19. The van der Waals surface area contributed by atoms with E-state index >= 15 is 0 Å². The van der Waals surface area contributed by atoms with Gasteiger partial charge < -0.3 is 9.64 Å². The number of rotatable bonds is 6. The standard InChI is InChI=1S/C24H24N4O2/c1-4-27(5-2)24(29)22-15-20(18-11-13-19(30-3)14-12-18)25-23-16-21(26-28(22)23)17-9-7-6-8-10-17/h6-16H,4-5H2,1-3H3. The smallest absolute Gasteiger partial charge is 0.272 e. The van der Waals surface area contributed by atoms with Crippen LogP contribution in [0.2, 0.25) is 0 Å². The zero-order valence-corrected chi connectivity index (χ0v) is 17.4. The molecule has 1 amide bonds. The summed E-state index contributed by atoms with van der Waals surface area (Å²) in [6, 6.07) is 21.3. The average molecular weight is 400 g/mol. The topological polar surface area (TPSA) is 59.7 Å². The molecule has 2 heterocycles. The normalized spacial score (nSPS) is 10.9. The summed E-state index contributed by atoms with van der Waals surface area (Å²) in [6.45, 7) is 5.21. The predicted octanol–water partition coefficient (Wildman–Crippen LogP) is 4.55. The molecule has 0 spiro atoms. The zero-order chi connectivity index (χ0) is 21.1. The van der Waals surface area contributed by atoms with Crippen molar-refractivity contribution < 1.29 is 9.53 Å². The van der Waals surface area contributed by atoms with Gasteiger partial charge in [0.2, 0.25) is 0 Å². The van der Waals surface area contributed by atoms with E-state index in [2.05, 4.69) is 0 Å². The van der Waals surface area contributed by atoms with E-state index in [4.69, 9.17) is 14.8 Å². The van der Waals surface area contributed by atoms with Crippen LogP contribution in [0, 0.1) is 0 Å². The summed E-state index contributed by atoms with van der Waals surface area (Å²) < 4.78 is 6.90. The second-order valence-corrected chi connectivity index (χ2v) is 6.90. The Bertz CT molecular complexity index is 1160. The highest BCUT2D eigenvalue weighted by atomic mass is 16.5. The first kappa shape index (κ1) is 19.6. The SMILES string of the molecule is CCN(CC)C(=O)c1cc(-c2ccc(OC)cc2)nc2cc(-c3ccccc3)nn12. The number of fused-ring (bicyclic) bond motifs is 1. The van der Waals surface area contributed by atoms with Crippen LogP contribution in [0.4, 0.5) is 0 Å². The number of aromatic nitrogens is 3. The molecule has 6 heteroatoms. The van der Waals surface area contributed by atoms with Crippen LogP contribution in [0.15, 0.2) is 66.7 Å². The summed E-state index contributed by atoms with van der Waals surface area (Å²) >= 11 is 0. The van der Waals surface area contributed by atoms with E-state index in [1.54, 1.807) is 16.5 Å². The Balaban J connectivity index is 1.90. The molecule has 0 aliphatic rings. The largest absolute Gasteiger partial charge is 0.497 e. The van der Waals surface area contributed by atoms with Crippen LogP contribution >= 0.6 is 0 Å². The van der Waals surface area contributed by atoms with Crippen LogP contribution < -0.4 is 4.74 Å². The van der Waals surface area contributed by atoms with Crippen molar-refractivity contribution in [2.45, 2.75) is 13.8 Å². The highest BCUT2D eigenvalue weighted by Crippen LogP contribution is 2.26. The summed E-state index contributed by atoms with van der Waals surface area (Å²) in [6.07, 6.45) is 0. The Morgan fingerprint density at radius 1 is 0.933 bits per heavy atom. The highest BCUT2D eigenvalue weighted by Gasteiger charge is 2.20. The minimum absolute atomic E-state index is 0.0649. The molecule has 0 aliphatic heterocycles. The van der Waals surface area contributed by atoms with Crippen LogP contribution in [-0.4, -0.2) is 45.6 Å². The molecule has 0 unspecified atom stereocenters. The lowest BCUT2D eigenvalue weighted by atomic mass is 10.1. The molecule has 0 fully saturated rings. The van der Waals surface area contributed by atoms with Crippen LogP contribution in [0.3, 0.4) is 0 Å². The van der Waals surface area contributed by atoms with Gasteiger partial charge in [-0.25, -0.2) is 9.50 Å². The van der Waals surface area contributed by atoms with Gasteiger partial charge in [-0.3, -0.25) is 4.79 Å². The Kier molecular flexibility index (Phi) is 5.48. The molecule has 0 saturated carbocycles. The van der Waals surface area contributed by atoms with Crippen molar-refractivity contribution in [1.82, 2.24) is 19.5 Å². The lowest BCUT2D eigenvalue weighted by Crippen LogP contribution is -2.32. The molecule has 0 radical (unpaired) electrons. The van der Waals surface area contributed by atoms with E-state index in [0.29, 0.717) is 24.4 Å². The summed E-state index contributed by atoms with van der Waals surface area (Å²) in [4.78, 5) is 19.8. The first-order valence-corrected chi connectivity index (χ1v) is 10.0. The van der Waals surface area contributed by atoms with Crippen molar-refractivity contribution >= 4 is 11.6 Å². The van der Waals surface area contributed by atoms with Crippen molar-refractivity contribution in [3.63, 3.8) is 0 Å². The van der Waals surface area contributed by atoms with Gasteiger partial charge in [0, 0.05) is 30.3 Å². The van der Waals surface area contributed by atoms with E-state index in [0.717, 1.165) is 28.3 Å². The van der Waals surface area contributed by atoms with Gasteiger partial charge >= 0.3 is 0 Å². The number of carbonyl (C=O) groups is 1. The number of benzene rings is 2. The molecular formula is C24H24N4O2. The van der Waals surface area contributed by atoms with E-state index < -0.39 is 0 Å². The molecule has 4 aromatic rings. The Morgan fingerprint density at radius 3 is 2.23 bits per heavy atom.